The summed E-state index contributed by atoms with van der Waals surface area (Å²) in [6, 6.07) is 12.8. The molecule has 7 nitrogen and oxygen atoms in total. The zero-order chi connectivity index (χ0) is 25.5. The van der Waals surface area contributed by atoms with Gasteiger partial charge in [0.25, 0.3) is 5.91 Å². The molecule has 0 radical (unpaired) electrons. The van der Waals surface area contributed by atoms with E-state index in [-0.39, 0.29) is 28.9 Å². The molecule has 1 aliphatic carbocycles. The van der Waals surface area contributed by atoms with Crippen LogP contribution in [0.25, 0.3) is 0 Å². The minimum absolute atomic E-state index is 0.0498. The van der Waals surface area contributed by atoms with E-state index in [0.717, 1.165) is 19.3 Å². The SMILES string of the molecule is CC(=O)c1cccc(NC(=O)COC(=O)c2ccccc2C(=O)O[C@@H]2C[C@H](C)CC[C@H]2C(C)C)c1. The molecule has 0 aromatic heterocycles. The fraction of sp³-hybridized carbons (Fsp3) is 0.429. The molecule has 0 unspecified atom stereocenters. The number of esters is 2. The van der Waals surface area contributed by atoms with Crippen molar-refractivity contribution in [1.82, 2.24) is 0 Å². The topological polar surface area (TPSA) is 98.8 Å². The molecular weight excluding hydrogens is 446 g/mol. The summed E-state index contributed by atoms with van der Waals surface area (Å²) in [5.41, 5.74) is 1.05. The molecule has 0 bridgehead atoms. The van der Waals surface area contributed by atoms with Gasteiger partial charge in [0.2, 0.25) is 0 Å². The maximum Gasteiger partial charge on any atom is 0.339 e. The summed E-state index contributed by atoms with van der Waals surface area (Å²) in [5, 5.41) is 2.60. The fourth-order valence-electron chi connectivity index (χ4n) is 4.51. The molecule has 1 fully saturated rings. The Balaban J connectivity index is 1.64. The van der Waals surface area contributed by atoms with Crippen LogP contribution in [0.4, 0.5) is 5.69 Å². The van der Waals surface area contributed by atoms with Crippen molar-refractivity contribution in [3.63, 3.8) is 0 Å². The van der Waals surface area contributed by atoms with Crippen LogP contribution in [-0.2, 0) is 14.3 Å². The van der Waals surface area contributed by atoms with Crippen LogP contribution >= 0.6 is 0 Å². The first-order valence-corrected chi connectivity index (χ1v) is 12.0. The third-order valence-corrected chi connectivity index (χ3v) is 6.47. The molecule has 3 rings (SSSR count). The summed E-state index contributed by atoms with van der Waals surface area (Å²) in [6.45, 7) is 7.32. The summed E-state index contributed by atoms with van der Waals surface area (Å²) in [7, 11) is 0. The number of carbonyl (C=O) groups excluding carboxylic acids is 4. The number of amides is 1. The van der Waals surface area contributed by atoms with Crippen LogP contribution in [0.2, 0.25) is 0 Å². The summed E-state index contributed by atoms with van der Waals surface area (Å²) < 4.78 is 11.1. The standard InChI is InChI=1S/C28H33NO6/c1-17(2)22-13-12-18(3)14-25(22)35-28(33)24-11-6-5-10-23(24)27(32)34-16-26(31)29-21-9-7-8-20(15-21)19(4)30/h5-11,15,17-18,22,25H,12-14,16H2,1-4H3,(H,29,31)/t18-,22+,25-/m1/s1. The van der Waals surface area contributed by atoms with E-state index in [9.17, 15) is 19.2 Å². The summed E-state index contributed by atoms with van der Waals surface area (Å²) in [6.07, 6.45) is 2.71. The number of hydrogen-bond acceptors (Lipinski definition) is 6. The second-order valence-corrected chi connectivity index (χ2v) is 9.58. The average Bonchev–Trinajstić information content (AvgIpc) is 2.82. The minimum atomic E-state index is -0.789. The third-order valence-electron chi connectivity index (χ3n) is 6.47. The van der Waals surface area contributed by atoms with Gasteiger partial charge in [-0.1, -0.05) is 51.5 Å². The average molecular weight is 480 g/mol. The Hall–Kier alpha value is -3.48. The third kappa shape index (κ3) is 7.01. The van der Waals surface area contributed by atoms with Crippen molar-refractivity contribution in [3.8, 4) is 0 Å². The zero-order valence-electron chi connectivity index (χ0n) is 20.7. The smallest absolute Gasteiger partial charge is 0.339 e. The first kappa shape index (κ1) is 26.1. The molecule has 186 valence electrons. The predicted octanol–water partition coefficient (Wildman–Crippen LogP) is 5.30. The molecule has 0 heterocycles. The van der Waals surface area contributed by atoms with Gasteiger partial charge in [-0.15, -0.1) is 0 Å². The van der Waals surface area contributed by atoms with Gasteiger partial charge >= 0.3 is 11.9 Å². The van der Waals surface area contributed by atoms with Gasteiger partial charge in [-0.05, 0) is 61.8 Å². The molecule has 1 N–H and O–H groups in total. The van der Waals surface area contributed by atoms with Gasteiger partial charge in [0, 0.05) is 11.3 Å². The molecule has 0 saturated heterocycles. The van der Waals surface area contributed by atoms with E-state index in [4.69, 9.17) is 9.47 Å². The highest BCUT2D eigenvalue weighted by atomic mass is 16.5. The lowest BCUT2D eigenvalue weighted by molar-refractivity contribution is -0.119. The van der Waals surface area contributed by atoms with E-state index in [1.807, 2.05) is 0 Å². The molecular formula is C28H33NO6. The number of ketones is 1. The number of hydrogen-bond donors (Lipinski definition) is 1. The van der Waals surface area contributed by atoms with Crippen LogP contribution in [0.3, 0.4) is 0 Å². The van der Waals surface area contributed by atoms with Gasteiger partial charge in [0.05, 0.1) is 11.1 Å². The van der Waals surface area contributed by atoms with E-state index in [1.54, 1.807) is 36.4 Å². The molecule has 7 heteroatoms. The monoisotopic (exact) mass is 479 g/mol. The first-order chi connectivity index (χ1) is 16.7. The maximum absolute atomic E-state index is 13.0. The highest BCUT2D eigenvalue weighted by Gasteiger charge is 2.34. The molecule has 0 spiro atoms. The number of rotatable bonds is 8. The van der Waals surface area contributed by atoms with E-state index in [0.29, 0.717) is 23.1 Å². The Morgan fingerprint density at radius 2 is 1.66 bits per heavy atom. The highest BCUT2D eigenvalue weighted by Crippen LogP contribution is 2.35. The number of Topliss-reactive ketones (excluding diaryl/α,β-unsaturated/α-hetero) is 1. The predicted molar refractivity (Wildman–Crippen MR) is 132 cm³/mol. The Bertz CT molecular complexity index is 1090. The van der Waals surface area contributed by atoms with Gasteiger partial charge in [-0.25, -0.2) is 9.59 Å². The summed E-state index contributed by atoms with van der Waals surface area (Å²) in [5.74, 6) is -0.906. The zero-order valence-corrected chi connectivity index (χ0v) is 20.7. The second-order valence-electron chi connectivity index (χ2n) is 9.58. The van der Waals surface area contributed by atoms with Crippen molar-refractivity contribution in [2.75, 3.05) is 11.9 Å². The van der Waals surface area contributed by atoms with Gasteiger partial charge in [-0.3, -0.25) is 9.59 Å². The van der Waals surface area contributed by atoms with Crippen molar-refractivity contribution < 1.29 is 28.7 Å². The molecule has 3 atom stereocenters. The molecule has 2 aromatic rings. The van der Waals surface area contributed by atoms with Gasteiger partial charge < -0.3 is 14.8 Å². The van der Waals surface area contributed by atoms with Crippen LogP contribution in [0.15, 0.2) is 48.5 Å². The maximum atomic E-state index is 13.0. The quantitative estimate of drug-likeness (QED) is 0.407. The fourth-order valence-corrected chi connectivity index (χ4v) is 4.51. The Morgan fingerprint density at radius 3 is 2.31 bits per heavy atom. The number of nitrogens with one attached hydrogen (secondary N) is 1. The lowest BCUT2D eigenvalue weighted by Crippen LogP contribution is -2.36. The van der Waals surface area contributed by atoms with E-state index in [1.165, 1.54) is 19.1 Å². The van der Waals surface area contributed by atoms with Crippen LogP contribution in [-0.4, -0.2) is 36.3 Å². The molecule has 1 amide bonds. The number of anilines is 1. The number of benzene rings is 2. The van der Waals surface area contributed by atoms with Gasteiger partial charge in [-0.2, -0.15) is 0 Å². The van der Waals surface area contributed by atoms with Crippen molar-refractivity contribution in [1.29, 1.82) is 0 Å². The molecule has 1 aliphatic rings. The first-order valence-electron chi connectivity index (χ1n) is 12.0. The van der Waals surface area contributed by atoms with Gasteiger partial charge in [0.15, 0.2) is 12.4 Å². The Labute approximate surface area is 206 Å². The largest absolute Gasteiger partial charge is 0.458 e. The van der Waals surface area contributed by atoms with Crippen LogP contribution in [0, 0.1) is 17.8 Å². The summed E-state index contributed by atoms with van der Waals surface area (Å²) >= 11 is 0. The summed E-state index contributed by atoms with van der Waals surface area (Å²) in [4.78, 5) is 49.6. The molecule has 1 saturated carbocycles. The van der Waals surface area contributed by atoms with E-state index >= 15 is 0 Å². The van der Waals surface area contributed by atoms with Gasteiger partial charge in [0.1, 0.15) is 6.10 Å². The minimum Gasteiger partial charge on any atom is -0.458 e. The molecule has 2 aromatic carbocycles. The molecule has 0 aliphatic heterocycles. The van der Waals surface area contributed by atoms with Crippen molar-refractivity contribution in [2.45, 2.75) is 53.1 Å². The van der Waals surface area contributed by atoms with Crippen molar-refractivity contribution in [3.05, 3.63) is 65.2 Å². The van der Waals surface area contributed by atoms with Crippen LogP contribution < -0.4 is 5.32 Å². The van der Waals surface area contributed by atoms with E-state index < -0.39 is 24.5 Å². The highest BCUT2D eigenvalue weighted by molar-refractivity contribution is 6.04. The Morgan fingerprint density at radius 1 is 0.971 bits per heavy atom. The second kappa shape index (κ2) is 11.8. The van der Waals surface area contributed by atoms with E-state index in [2.05, 4.69) is 26.1 Å². The van der Waals surface area contributed by atoms with Crippen molar-refractivity contribution >= 4 is 29.3 Å². The van der Waals surface area contributed by atoms with Crippen molar-refractivity contribution in [2.24, 2.45) is 17.8 Å². The Kier molecular flexibility index (Phi) is 8.79. The number of ether oxygens (including phenoxy) is 2. The molecule has 35 heavy (non-hydrogen) atoms. The lowest BCUT2D eigenvalue weighted by Gasteiger charge is -2.36. The van der Waals surface area contributed by atoms with Crippen LogP contribution in [0.5, 0.6) is 0 Å². The van der Waals surface area contributed by atoms with Crippen LogP contribution in [0.1, 0.15) is 78.0 Å². The number of carbonyl (C=O) groups is 4. The lowest BCUT2D eigenvalue weighted by atomic mass is 9.75. The normalized spacial score (nSPS) is 19.6.